The lowest BCUT2D eigenvalue weighted by Gasteiger charge is -2.16. The van der Waals surface area contributed by atoms with Gasteiger partial charge in [-0.05, 0) is 55.3 Å². The second-order valence-electron chi connectivity index (χ2n) is 4.79. The second-order valence-corrected chi connectivity index (χ2v) is 5.71. The molecule has 0 saturated carbocycles. The van der Waals surface area contributed by atoms with E-state index in [-0.39, 0.29) is 6.04 Å². The number of benzene rings is 2. The van der Waals surface area contributed by atoms with Crippen LogP contribution in [0.3, 0.4) is 0 Å². The first-order valence-electron chi connectivity index (χ1n) is 6.94. The summed E-state index contributed by atoms with van der Waals surface area (Å²) in [6, 6.07) is 16.8. The molecule has 0 heterocycles. The smallest absolute Gasteiger partial charge is 0.119 e. The van der Waals surface area contributed by atoms with Crippen molar-refractivity contribution in [2.75, 3.05) is 11.9 Å². The van der Waals surface area contributed by atoms with E-state index in [1.165, 1.54) is 5.56 Å². The summed E-state index contributed by atoms with van der Waals surface area (Å²) in [6.07, 6.45) is 1.03. The van der Waals surface area contributed by atoms with Crippen molar-refractivity contribution in [2.24, 2.45) is 0 Å². The monoisotopic (exact) mass is 333 g/mol. The molecule has 3 heteroatoms. The molecule has 0 aliphatic rings. The summed E-state index contributed by atoms with van der Waals surface area (Å²) in [5.74, 6) is 0.937. The average Bonchev–Trinajstić information content (AvgIpc) is 2.48. The first-order valence-corrected chi connectivity index (χ1v) is 7.73. The van der Waals surface area contributed by atoms with Gasteiger partial charge in [-0.15, -0.1) is 0 Å². The van der Waals surface area contributed by atoms with E-state index in [4.69, 9.17) is 4.74 Å². The Hall–Kier alpha value is -1.48. The lowest BCUT2D eigenvalue weighted by Crippen LogP contribution is -2.06. The highest BCUT2D eigenvalue weighted by Gasteiger charge is 2.05. The predicted molar refractivity (Wildman–Crippen MR) is 88.4 cm³/mol. The Kier molecular flexibility index (Phi) is 5.48. The van der Waals surface area contributed by atoms with E-state index in [0.29, 0.717) is 0 Å². The molecular formula is C17H20BrNO. The Morgan fingerprint density at radius 1 is 1.05 bits per heavy atom. The molecule has 2 aromatic rings. The molecule has 0 bridgehead atoms. The zero-order chi connectivity index (χ0) is 14.4. The van der Waals surface area contributed by atoms with Crippen molar-refractivity contribution in [1.82, 2.24) is 0 Å². The van der Waals surface area contributed by atoms with Crippen LogP contribution in [0, 0.1) is 0 Å². The van der Waals surface area contributed by atoms with Gasteiger partial charge in [-0.25, -0.2) is 0 Å². The van der Waals surface area contributed by atoms with Crippen LogP contribution < -0.4 is 10.1 Å². The van der Waals surface area contributed by atoms with Crippen molar-refractivity contribution in [2.45, 2.75) is 26.3 Å². The molecule has 2 rings (SSSR count). The van der Waals surface area contributed by atoms with E-state index < -0.39 is 0 Å². The summed E-state index contributed by atoms with van der Waals surface area (Å²) in [7, 11) is 0. The Morgan fingerprint density at radius 3 is 2.30 bits per heavy atom. The third-order valence-electron chi connectivity index (χ3n) is 3.08. The Morgan fingerprint density at radius 2 is 1.70 bits per heavy atom. The van der Waals surface area contributed by atoms with E-state index in [1.54, 1.807) is 0 Å². The summed E-state index contributed by atoms with van der Waals surface area (Å²) < 4.78 is 6.69. The number of hydrogen-bond acceptors (Lipinski definition) is 2. The van der Waals surface area contributed by atoms with Crippen LogP contribution in [0.2, 0.25) is 0 Å². The zero-order valence-corrected chi connectivity index (χ0v) is 13.5. The van der Waals surface area contributed by atoms with Gasteiger partial charge in [0.05, 0.1) is 6.61 Å². The number of ether oxygens (including phenoxy) is 1. The molecule has 0 radical (unpaired) electrons. The van der Waals surface area contributed by atoms with Gasteiger partial charge in [0.1, 0.15) is 5.75 Å². The van der Waals surface area contributed by atoms with Crippen LogP contribution in [-0.2, 0) is 0 Å². The molecule has 0 fully saturated rings. The van der Waals surface area contributed by atoms with Gasteiger partial charge in [0.2, 0.25) is 0 Å². The molecule has 1 N–H and O–H groups in total. The SMILES string of the molecule is CCCOc1ccc(C(C)Nc2ccc(Br)cc2)cc1. The number of anilines is 1. The lowest BCUT2D eigenvalue weighted by molar-refractivity contribution is 0.317. The molecule has 20 heavy (non-hydrogen) atoms. The number of halogens is 1. The maximum Gasteiger partial charge on any atom is 0.119 e. The number of rotatable bonds is 6. The number of nitrogens with one attached hydrogen (secondary N) is 1. The quantitative estimate of drug-likeness (QED) is 0.762. The summed E-state index contributed by atoms with van der Waals surface area (Å²) >= 11 is 3.44. The first kappa shape index (κ1) is 14.9. The van der Waals surface area contributed by atoms with Crippen LogP contribution in [0.15, 0.2) is 53.0 Å². The van der Waals surface area contributed by atoms with Crippen molar-refractivity contribution in [1.29, 1.82) is 0 Å². The van der Waals surface area contributed by atoms with E-state index in [0.717, 1.165) is 28.9 Å². The van der Waals surface area contributed by atoms with E-state index in [2.05, 4.69) is 59.4 Å². The molecule has 1 unspecified atom stereocenters. The number of hydrogen-bond donors (Lipinski definition) is 1. The molecule has 106 valence electrons. The molecular weight excluding hydrogens is 314 g/mol. The molecule has 2 aromatic carbocycles. The molecule has 1 atom stereocenters. The topological polar surface area (TPSA) is 21.3 Å². The maximum absolute atomic E-state index is 5.60. The normalized spacial score (nSPS) is 11.9. The van der Waals surface area contributed by atoms with Crippen LogP contribution in [0.25, 0.3) is 0 Å². The Bertz CT molecular complexity index is 522. The summed E-state index contributed by atoms with van der Waals surface area (Å²) in [4.78, 5) is 0. The van der Waals surface area contributed by atoms with Crippen LogP contribution in [0.5, 0.6) is 5.75 Å². The largest absolute Gasteiger partial charge is 0.494 e. The fourth-order valence-electron chi connectivity index (χ4n) is 1.95. The van der Waals surface area contributed by atoms with Gasteiger partial charge in [0.15, 0.2) is 0 Å². The highest BCUT2D eigenvalue weighted by molar-refractivity contribution is 9.10. The van der Waals surface area contributed by atoms with Gasteiger partial charge in [-0.3, -0.25) is 0 Å². The fraction of sp³-hybridized carbons (Fsp3) is 0.294. The van der Waals surface area contributed by atoms with Gasteiger partial charge < -0.3 is 10.1 Å². The Labute approximate surface area is 129 Å². The average molecular weight is 334 g/mol. The summed E-state index contributed by atoms with van der Waals surface area (Å²) in [5.41, 5.74) is 2.36. The third-order valence-corrected chi connectivity index (χ3v) is 3.61. The highest BCUT2D eigenvalue weighted by atomic mass is 79.9. The van der Waals surface area contributed by atoms with Crippen molar-refractivity contribution in [3.63, 3.8) is 0 Å². The molecule has 0 aliphatic heterocycles. The second kappa shape index (κ2) is 7.34. The molecule has 0 spiro atoms. The van der Waals surface area contributed by atoms with Crippen LogP contribution in [0.1, 0.15) is 31.9 Å². The van der Waals surface area contributed by atoms with Crippen LogP contribution in [0.4, 0.5) is 5.69 Å². The van der Waals surface area contributed by atoms with Crippen molar-refractivity contribution < 1.29 is 4.74 Å². The summed E-state index contributed by atoms with van der Waals surface area (Å²) in [6.45, 7) is 5.04. The minimum absolute atomic E-state index is 0.261. The van der Waals surface area contributed by atoms with Crippen LogP contribution in [-0.4, -0.2) is 6.61 Å². The van der Waals surface area contributed by atoms with Crippen molar-refractivity contribution in [3.05, 3.63) is 58.6 Å². The minimum atomic E-state index is 0.261. The molecule has 0 aromatic heterocycles. The molecule has 0 amide bonds. The fourth-order valence-corrected chi connectivity index (χ4v) is 2.22. The standard InChI is InChI=1S/C17H20BrNO/c1-3-12-20-17-10-4-14(5-11-17)13(2)19-16-8-6-15(18)7-9-16/h4-11,13,19H,3,12H2,1-2H3. The first-order chi connectivity index (χ1) is 9.69. The van der Waals surface area contributed by atoms with E-state index >= 15 is 0 Å². The van der Waals surface area contributed by atoms with Gasteiger partial charge in [-0.1, -0.05) is 35.0 Å². The van der Waals surface area contributed by atoms with Gasteiger partial charge in [-0.2, -0.15) is 0 Å². The molecule has 0 aliphatic carbocycles. The van der Waals surface area contributed by atoms with Crippen molar-refractivity contribution >= 4 is 21.6 Å². The zero-order valence-electron chi connectivity index (χ0n) is 11.9. The van der Waals surface area contributed by atoms with Crippen LogP contribution >= 0.6 is 15.9 Å². The third kappa shape index (κ3) is 4.27. The van der Waals surface area contributed by atoms with Gasteiger partial charge >= 0.3 is 0 Å². The molecule has 0 saturated heterocycles. The van der Waals surface area contributed by atoms with Gasteiger partial charge in [0, 0.05) is 16.2 Å². The maximum atomic E-state index is 5.60. The molecule has 2 nitrogen and oxygen atoms in total. The van der Waals surface area contributed by atoms with E-state index in [1.807, 2.05) is 24.3 Å². The minimum Gasteiger partial charge on any atom is -0.494 e. The van der Waals surface area contributed by atoms with E-state index in [9.17, 15) is 0 Å². The summed E-state index contributed by atoms with van der Waals surface area (Å²) in [5, 5.41) is 3.49. The lowest BCUT2D eigenvalue weighted by atomic mass is 10.1. The van der Waals surface area contributed by atoms with Gasteiger partial charge in [0.25, 0.3) is 0 Å². The van der Waals surface area contributed by atoms with Crippen molar-refractivity contribution in [3.8, 4) is 5.75 Å². The highest BCUT2D eigenvalue weighted by Crippen LogP contribution is 2.22. The predicted octanol–water partition coefficient (Wildman–Crippen LogP) is 5.41. The Balaban J connectivity index is 1.98.